The zero-order chi connectivity index (χ0) is 13.0. The van der Waals surface area contributed by atoms with Gasteiger partial charge < -0.3 is 14.9 Å². The van der Waals surface area contributed by atoms with E-state index in [1.807, 2.05) is 21.6 Å². The molecule has 1 atom stereocenters. The Labute approximate surface area is 112 Å². The van der Waals surface area contributed by atoms with Gasteiger partial charge in [-0.1, -0.05) is 0 Å². The molecular weight excluding hydrogens is 252 g/mol. The molecule has 0 saturated carbocycles. The van der Waals surface area contributed by atoms with Gasteiger partial charge in [-0.2, -0.15) is 11.8 Å². The zero-order valence-corrected chi connectivity index (χ0v) is 11.3. The molecule has 18 heavy (non-hydrogen) atoms. The predicted molar refractivity (Wildman–Crippen MR) is 70.8 cm³/mol. The third-order valence-electron chi connectivity index (χ3n) is 3.60. The van der Waals surface area contributed by atoms with E-state index in [0.717, 1.165) is 44.1 Å². The van der Waals surface area contributed by atoms with Crippen molar-refractivity contribution in [2.75, 3.05) is 37.7 Å². The number of aliphatic carboxylic acids is 1. The van der Waals surface area contributed by atoms with E-state index in [9.17, 15) is 9.59 Å². The number of urea groups is 1. The molecule has 2 saturated heterocycles. The molecule has 0 aromatic rings. The largest absolute Gasteiger partial charge is 0.481 e. The smallest absolute Gasteiger partial charge is 0.320 e. The summed E-state index contributed by atoms with van der Waals surface area (Å²) in [5.41, 5.74) is 0. The number of likely N-dealkylation sites (tertiary alicyclic amines) is 1. The Balaban J connectivity index is 1.77. The minimum atomic E-state index is -0.743. The molecule has 1 N–H and O–H groups in total. The van der Waals surface area contributed by atoms with Crippen molar-refractivity contribution >= 4 is 23.8 Å². The highest BCUT2D eigenvalue weighted by Gasteiger charge is 2.29. The topological polar surface area (TPSA) is 60.9 Å². The number of hydrogen-bond donors (Lipinski definition) is 1. The van der Waals surface area contributed by atoms with Gasteiger partial charge in [0.15, 0.2) is 0 Å². The molecule has 0 radical (unpaired) electrons. The summed E-state index contributed by atoms with van der Waals surface area (Å²) >= 11 is 1.89. The van der Waals surface area contributed by atoms with Gasteiger partial charge in [0.1, 0.15) is 0 Å². The fraction of sp³-hybridized carbons (Fsp3) is 0.833. The molecule has 2 aliphatic heterocycles. The van der Waals surface area contributed by atoms with Crippen molar-refractivity contribution in [3.8, 4) is 0 Å². The number of carbonyl (C=O) groups excluding carboxylic acids is 1. The minimum Gasteiger partial charge on any atom is -0.481 e. The van der Waals surface area contributed by atoms with Crippen LogP contribution in [-0.4, -0.2) is 64.6 Å². The molecule has 2 rings (SSSR count). The van der Waals surface area contributed by atoms with E-state index in [4.69, 9.17) is 5.11 Å². The molecule has 0 bridgehead atoms. The van der Waals surface area contributed by atoms with Crippen LogP contribution in [0.2, 0.25) is 0 Å². The summed E-state index contributed by atoms with van der Waals surface area (Å²) < 4.78 is 0. The SMILES string of the molecule is O=C(O)CCC1CCN(C(=O)N2CCSCC2)C1. The third kappa shape index (κ3) is 3.54. The molecule has 102 valence electrons. The lowest BCUT2D eigenvalue weighted by Crippen LogP contribution is -2.45. The number of hydrogen-bond acceptors (Lipinski definition) is 3. The second-order valence-electron chi connectivity index (χ2n) is 4.92. The van der Waals surface area contributed by atoms with Crippen LogP contribution in [0.5, 0.6) is 0 Å². The molecule has 6 heteroatoms. The van der Waals surface area contributed by atoms with Crippen LogP contribution in [0.4, 0.5) is 4.79 Å². The summed E-state index contributed by atoms with van der Waals surface area (Å²) in [6.45, 7) is 3.21. The molecule has 5 nitrogen and oxygen atoms in total. The van der Waals surface area contributed by atoms with Crippen molar-refractivity contribution in [3.05, 3.63) is 0 Å². The van der Waals surface area contributed by atoms with Gasteiger partial charge in [0.05, 0.1) is 0 Å². The van der Waals surface area contributed by atoms with Crippen LogP contribution < -0.4 is 0 Å². The summed E-state index contributed by atoms with van der Waals surface area (Å²) in [7, 11) is 0. The Morgan fingerprint density at radius 2 is 1.89 bits per heavy atom. The number of thioether (sulfide) groups is 1. The Morgan fingerprint density at radius 3 is 2.56 bits per heavy atom. The normalized spacial score (nSPS) is 24.3. The maximum Gasteiger partial charge on any atom is 0.320 e. The Bertz CT molecular complexity index is 318. The van der Waals surface area contributed by atoms with Gasteiger partial charge in [-0.3, -0.25) is 4.79 Å². The average Bonchev–Trinajstić information content (AvgIpc) is 2.85. The first kappa shape index (κ1) is 13.5. The monoisotopic (exact) mass is 272 g/mol. The Kier molecular flexibility index (Phi) is 4.74. The highest BCUT2D eigenvalue weighted by atomic mass is 32.2. The lowest BCUT2D eigenvalue weighted by atomic mass is 10.0. The number of rotatable bonds is 3. The van der Waals surface area contributed by atoms with Crippen molar-refractivity contribution in [1.82, 2.24) is 9.80 Å². The van der Waals surface area contributed by atoms with Gasteiger partial charge in [-0.15, -0.1) is 0 Å². The molecule has 0 spiro atoms. The molecule has 0 aromatic carbocycles. The van der Waals surface area contributed by atoms with Crippen molar-refractivity contribution in [1.29, 1.82) is 0 Å². The average molecular weight is 272 g/mol. The molecule has 2 fully saturated rings. The van der Waals surface area contributed by atoms with Gasteiger partial charge in [-0.05, 0) is 18.8 Å². The van der Waals surface area contributed by atoms with Crippen molar-refractivity contribution in [2.45, 2.75) is 19.3 Å². The first-order valence-electron chi connectivity index (χ1n) is 6.50. The molecular formula is C12H20N2O3S. The number of carboxylic acids is 1. The van der Waals surface area contributed by atoms with Crippen LogP contribution in [0.25, 0.3) is 0 Å². The number of amides is 2. The van der Waals surface area contributed by atoms with E-state index < -0.39 is 5.97 Å². The highest BCUT2D eigenvalue weighted by molar-refractivity contribution is 7.99. The van der Waals surface area contributed by atoms with E-state index in [2.05, 4.69) is 0 Å². The van der Waals surface area contributed by atoms with E-state index >= 15 is 0 Å². The van der Waals surface area contributed by atoms with Gasteiger partial charge in [0, 0.05) is 44.1 Å². The molecule has 2 heterocycles. The fourth-order valence-electron chi connectivity index (χ4n) is 2.52. The van der Waals surface area contributed by atoms with Crippen molar-refractivity contribution in [3.63, 3.8) is 0 Å². The second kappa shape index (κ2) is 6.31. The van der Waals surface area contributed by atoms with E-state index in [1.54, 1.807) is 0 Å². The first-order chi connectivity index (χ1) is 8.66. The van der Waals surface area contributed by atoms with Gasteiger partial charge >= 0.3 is 12.0 Å². The standard InChI is InChI=1S/C12H20N2O3S/c15-11(16)2-1-10-3-4-14(9-10)12(17)13-5-7-18-8-6-13/h10H,1-9H2,(H,15,16). The number of carboxylic acid groups (broad SMARTS) is 1. The van der Waals surface area contributed by atoms with Crippen LogP contribution >= 0.6 is 11.8 Å². The van der Waals surface area contributed by atoms with Gasteiger partial charge in [0.2, 0.25) is 0 Å². The minimum absolute atomic E-state index is 0.146. The molecule has 1 unspecified atom stereocenters. The van der Waals surface area contributed by atoms with E-state index in [-0.39, 0.29) is 12.5 Å². The van der Waals surface area contributed by atoms with Gasteiger partial charge in [0.25, 0.3) is 0 Å². The molecule has 2 aliphatic rings. The lowest BCUT2D eigenvalue weighted by molar-refractivity contribution is -0.137. The van der Waals surface area contributed by atoms with Crippen molar-refractivity contribution in [2.24, 2.45) is 5.92 Å². The second-order valence-corrected chi connectivity index (χ2v) is 6.14. The maximum atomic E-state index is 12.2. The highest BCUT2D eigenvalue weighted by Crippen LogP contribution is 2.23. The fourth-order valence-corrected chi connectivity index (χ4v) is 3.43. The van der Waals surface area contributed by atoms with E-state index in [1.165, 1.54) is 0 Å². The van der Waals surface area contributed by atoms with Crippen LogP contribution in [0.1, 0.15) is 19.3 Å². The number of carbonyl (C=O) groups is 2. The van der Waals surface area contributed by atoms with Crippen LogP contribution in [0.3, 0.4) is 0 Å². The maximum absolute atomic E-state index is 12.2. The van der Waals surface area contributed by atoms with Crippen LogP contribution in [0.15, 0.2) is 0 Å². The first-order valence-corrected chi connectivity index (χ1v) is 7.65. The van der Waals surface area contributed by atoms with E-state index in [0.29, 0.717) is 12.3 Å². The zero-order valence-electron chi connectivity index (χ0n) is 10.5. The Morgan fingerprint density at radius 1 is 1.17 bits per heavy atom. The van der Waals surface area contributed by atoms with Crippen LogP contribution in [-0.2, 0) is 4.79 Å². The molecule has 0 aromatic heterocycles. The summed E-state index contributed by atoms with van der Waals surface area (Å²) in [5.74, 6) is 1.68. The Hall–Kier alpha value is -0.910. The van der Waals surface area contributed by atoms with Gasteiger partial charge in [-0.25, -0.2) is 4.79 Å². The number of nitrogens with zero attached hydrogens (tertiary/aromatic N) is 2. The summed E-state index contributed by atoms with van der Waals surface area (Å²) in [4.78, 5) is 26.6. The van der Waals surface area contributed by atoms with Crippen molar-refractivity contribution < 1.29 is 14.7 Å². The molecule has 2 amide bonds. The third-order valence-corrected chi connectivity index (χ3v) is 4.55. The predicted octanol–water partition coefficient (Wildman–Crippen LogP) is 1.34. The van der Waals surface area contributed by atoms with Crippen LogP contribution in [0, 0.1) is 5.92 Å². The quantitative estimate of drug-likeness (QED) is 0.842. The lowest BCUT2D eigenvalue weighted by Gasteiger charge is -2.30. The summed E-state index contributed by atoms with van der Waals surface area (Å²) in [6, 6.07) is 0.146. The summed E-state index contributed by atoms with van der Waals surface area (Å²) in [5, 5.41) is 8.66. The molecule has 0 aliphatic carbocycles. The summed E-state index contributed by atoms with van der Waals surface area (Å²) in [6.07, 6.45) is 1.85.